The lowest BCUT2D eigenvalue weighted by Crippen LogP contribution is -2.34. The van der Waals surface area contributed by atoms with Crippen LogP contribution in [0.15, 0.2) is 12.4 Å². The van der Waals surface area contributed by atoms with Crippen molar-refractivity contribution in [3.63, 3.8) is 0 Å². The maximum Gasteiger partial charge on any atom is 0.218 e. The van der Waals surface area contributed by atoms with Gasteiger partial charge in [0.2, 0.25) is 5.88 Å². The number of hydrogen-bond donors (Lipinski definition) is 2. The number of anilines is 1. The molecule has 1 unspecified atom stereocenters. The van der Waals surface area contributed by atoms with Crippen LogP contribution in [0.2, 0.25) is 0 Å². The fourth-order valence-corrected chi connectivity index (χ4v) is 1.12. The Labute approximate surface area is 96.4 Å². The highest BCUT2D eigenvalue weighted by molar-refractivity contribution is 5.37. The fraction of sp³-hybridized carbons (Fsp3) is 0.636. The van der Waals surface area contributed by atoms with Gasteiger partial charge in [-0.25, -0.2) is 9.97 Å². The summed E-state index contributed by atoms with van der Waals surface area (Å²) in [5, 5.41) is 3.17. The lowest BCUT2D eigenvalue weighted by Gasteiger charge is -2.16. The van der Waals surface area contributed by atoms with Crippen molar-refractivity contribution in [2.45, 2.75) is 26.8 Å². The van der Waals surface area contributed by atoms with Gasteiger partial charge in [-0.1, -0.05) is 13.8 Å². The Morgan fingerprint density at radius 1 is 1.44 bits per heavy atom. The van der Waals surface area contributed by atoms with Crippen LogP contribution < -0.4 is 15.8 Å². The Morgan fingerprint density at radius 3 is 2.81 bits per heavy atom. The number of nitrogens with two attached hydrogens (primary N) is 1. The summed E-state index contributed by atoms with van der Waals surface area (Å²) in [4.78, 5) is 8.08. The Hall–Kier alpha value is -1.36. The molecule has 1 rings (SSSR count). The van der Waals surface area contributed by atoms with Crippen LogP contribution in [0.5, 0.6) is 5.88 Å². The lowest BCUT2D eigenvalue weighted by atomic mass is 10.1. The molecule has 90 valence electrons. The highest BCUT2D eigenvalue weighted by Gasteiger charge is 2.07. The second kappa shape index (κ2) is 6.27. The average molecular weight is 224 g/mol. The zero-order valence-electron chi connectivity index (χ0n) is 10.1. The second-order valence-electron chi connectivity index (χ2n) is 3.96. The molecule has 0 amide bonds. The van der Waals surface area contributed by atoms with Gasteiger partial charge in [0.25, 0.3) is 0 Å². The third-order valence-corrected chi connectivity index (χ3v) is 2.31. The molecular formula is C11H20N4O. The van der Waals surface area contributed by atoms with Gasteiger partial charge in [0.05, 0.1) is 6.61 Å². The second-order valence-corrected chi connectivity index (χ2v) is 3.96. The van der Waals surface area contributed by atoms with Crippen molar-refractivity contribution < 1.29 is 4.74 Å². The number of nitrogens with one attached hydrogen (secondary N) is 1. The maximum atomic E-state index is 5.92. The molecule has 3 N–H and O–H groups in total. The van der Waals surface area contributed by atoms with Crippen LogP contribution in [0.25, 0.3) is 0 Å². The van der Waals surface area contributed by atoms with Gasteiger partial charge in [0.1, 0.15) is 12.1 Å². The van der Waals surface area contributed by atoms with Gasteiger partial charge >= 0.3 is 0 Å². The van der Waals surface area contributed by atoms with Crippen molar-refractivity contribution in [3.05, 3.63) is 12.4 Å². The molecule has 1 heterocycles. The lowest BCUT2D eigenvalue weighted by molar-refractivity contribution is 0.326. The standard InChI is InChI=1S/C11H20N4O/c1-4-16-11-5-10(14-7-15-11)13-6-9(12)8(2)3/h5,7-9H,4,6,12H2,1-3H3,(H,13,14,15). The van der Waals surface area contributed by atoms with Crippen LogP contribution in [-0.2, 0) is 0 Å². The highest BCUT2D eigenvalue weighted by atomic mass is 16.5. The normalized spacial score (nSPS) is 12.6. The SMILES string of the molecule is CCOc1cc(NCC(N)C(C)C)ncn1. The molecule has 0 aromatic carbocycles. The quantitative estimate of drug-likeness (QED) is 0.761. The molecule has 5 nitrogen and oxygen atoms in total. The summed E-state index contributed by atoms with van der Waals surface area (Å²) in [7, 11) is 0. The molecular weight excluding hydrogens is 204 g/mol. The van der Waals surface area contributed by atoms with Gasteiger partial charge in [-0.15, -0.1) is 0 Å². The predicted octanol–water partition coefficient (Wildman–Crippen LogP) is 1.27. The Morgan fingerprint density at radius 2 is 2.19 bits per heavy atom. The molecule has 1 atom stereocenters. The number of aromatic nitrogens is 2. The molecule has 1 aromatic rings. The van der Waals surface area contributed by atoms with E-state index >= 15 is 0 Å². The van der Waals surface area contributed by atoms with E-state index in [1.807, 2.05) is 6.92 Å². The van der Waals surface area contributed by atoms with Crippen LogP contribution in [0, 0.1) is 5.92 Å². The molecule has 0 saturated heterocycles. The Kier molecular flexibility index (Phi) is 4.98. The predicted molar refractivity (Wildman–Crippen MR) is 64.5 cm³/mol. The van der Waals surface area contributed by atoms with Crippen molar-refractivity contribution in [2.24, 2.45) is 11.7 Å². The van der Waals surface area contributed by atoms with E-state index in [0.29, 0.717) is 24.9 Å². The van der Waals surface area contributed by atoms with E-state index in [9.17, 15) is 0 Å². The molecule has 0 bridgehead atoms. The van der Waals surface area contributed by atoms with Gasteiger partial charge in [0.15, 0.2) is 0 Å². The van der Waals surface area contributed by atoms with E-state index < -0.39 is 0 Å². The highest BCUT2D eigenvalue weighted by Crippen LogP contribution is 2.11. The number of hydrogen-bond acceptors (Lipinski definition) is 5. The summed E-state index contributed by atoms with van der Waals surface area (Å²) in [5.41, 5.74) is 5.92. The minimum absolute atomic E-state index is 0.116. The number of ether oxygens (including phenoxy) is 1. The van der Waals surface area contributed by atoms with Gasteiger partial charge in [-0.3, -0.25) is 0 Å². The van der Waals surface area contributed by atoms with Gasteiger partial charge in [-0.05, 0) is 12.8 Å². The van der Waals surface area contributed by atoms with E-state index in [4.69, 9.17) is 10.5 Å². The van der Waals surface area contributed by atoms with E-state index in [2.05, 4.69) is 29.1 Å². The largest absolute Gasteiger partial charge is 0.478 e. The molecule has 0 saturated carbocycles. The third kappa shape index (κ3) is 4.02. The van der Waals surface area contributed by atoms with E-state index in [1.54, 1.807) is 6.07 Å². The summed E-state index contributed by atoms with van der Waals surface area (Å²) in [6, 6.07) is 1.89. The summed E-state index contributed by atoms with van der Waals surface area (Å²) in [6.45, 7) is 7.40. The van der Waals surface area contributed by atoms with Crippen molar-refractivity contribution in [1.82, 2.24) is 9.97 Å². The minimum Gasteiger partial charge on any atom is -0.478 e. The van der Waals surface area contributed by atoms with Gasteiger partial charge in [-0.2, -0.15) is 0 Å². The molecule has 5 heteroatoms. The first-order chi connectivity index (χ1) is 7.63. The molecule has 16 heavy (non-hydrogen) atoms. The molecule has 0 fully saturated rings. The monoisotopic (exact) mass is 224 g/mol. The molecule has 1 aromatic heterocycles. The van der Waals surface area contributed by atoms with Gasteiger partial charge in [0, 0.05) is 18.7 Å². The Bertz CT molecular complexity index is 317. The van der Waals surface area contributed by atoms with Crippen LogP contribution in [0.1, 0.15) is 20.8 Å². The minimum atomic E-state index is 0.116. The summed E-state index contributed by atoms with van der Waals surface area (Å²) >= 11 is 0. The summed E-state index contributed by atoms with van der Waals surface area (Å²) in [6.07, 6.45) is 1.48. The smallest absolute Gasteiger partial charge is 0.218 e. The van der Waals surface area contributed by atoms with Crippen LogP contribution in [0.4, 0.5) is 5.82 Å². The van der Waals surface area contributed by atoms with Gasteiger partial charge < -0.3 is 15.8 Å². The summed E-state index contributed by atoms with van der Waals surface area (Å²) < 4.78 is 5.28. The van der Waals surface area contributed by atoms with E-state index in [-0.39, 0.29) is 6.04 Å². The summed E-state index contributed by atoms with van der Waals surface area (Å²) in [5.74, 6) is 1.77. The van der Waals surface area contributed by atoms with Crippen molar-refractivity contribution in [3.8, 4) is 5.88 Å². The topological polar surface area (TPSA) is 73.1 Å². The average Bonchev–Trinajstić information content (AvgIpc) is 2.26. The maximum absolute atomic E-state index is 5.92. The number of nitrogens with zero attached hydrogens (tertiary/aromatic N) is 2. The zero-order valence-corrected chi connectivity index (χ0v) is 10.1. The molecule has 0 aliphatic carbocycles. The van der Waals surface area contributed by atoms with E-state index in [0.717, 1.165) is 5.82 Å². The van der Waals surface area contributed by atoms with Crippen molar-refractivity contribution >= 4 is 5.82 Å². The first kappa shape index (κ1) is 12.7. The fourth-order valence-electron chi connectivity index (χ4n) is 1.12. The van der Waals surface area contributed by atoms with Crippen molar-refractivity contribution in [1.29, 1.82) is 0 Å². The molecule has 0 spiro atoms. The molecule has 0 aliphatic heterocycles. The first-order valence-corrected chi connectivity index (χ1v) is 5.57. The molecule has 0 aliphatic rings. The molecule has 0 radical (unpaired) electrons. The van der Waals surface area contributed by atoms with Crippen LogP contribution in [-0.4, -0.2) is 29.2 Å². The Balaban J connectivity index is 2.50. The first-order valence-electron chi connectivity index (χ1n) is 5.57. The van der Waals surface area contributed by atoms with Crippen LogP contribution in [0.3, 0.4) is 0 Å². The van der Waals surface area contributed by atoms with E-state index in [1.165, 1.54) is 6.33 Å². The van der Waals surface area contributed by atoms with Crippen molar-refractivity contribution in [2.75, 3.05) is 18.5 Å². The zero-order chi connectivity index (χ0) is 12.0. The third-order valence-electron chi connectivity index (χ3n) is 2.31. The number of rotatable bonds is 6. The van der Waals surface area contributed by atoms with Crippen LogP contribution >= 0.6 is 0 Å².